The summed E-state index contributed by atoms with van der Waals surface area (Å²) in [6.07, 6.45) is -1.59. The predicted octanol–water partition coefficient (Wildman–Crippen LogP) is -0.982. The Hall–Kier alpha value is -0.460. The second kappa shape index (κ2) is 5.43. The first-order valence-corrected chi connectivity index (χ1v) is 4.54. The molecule has 3 N–H and O–H groups in total. The van der Waals surface area contributed by atoms with Gasteiger partial charge in [0.15, 0.2) is 6.29 Å². The van der Waals surface area contributed by atoms with Gasteiger partial charge in [0, 0.05) is 6.42 Å². The van der Waals surface area contributed by atoms with Gasteiger partial charge in [0.2, 0.25) is 0 Å². The lowest BCUT2D eigenvalue weighted by molar-refractivity contribution is -0.253. The first-order valence-electron chi connectivity index (χ1n) is 4.54. The molecule has 14 heavy (non-hydrogen) atoms. The normalized spacial score (nSPS) is 38.2. The van der Waals surface area contributed by atoms with Crippen molar-refractivity contribution in [1.29, 1.82) is 0 Å². The van der Waals surface area contributed by atoms with Crippen LogP contribution in [0.3, 0.4) is 0 Å². The van der Waals surface area contributed by atoms with E-state index in [2.05, 4.69) is 6.58 Å². The van der Waals surface area contributed by atoms with E-state index < -0.39 is 24.6 Å². The van der Waals surface area contributed by atoms with Crippen LogP contribution < -0.4 is 0 Å². The maximum atomic E-state index is 9.40. The summed E-state index contributed by atoms with van der Waals surface area (Å²) in [7, 11) is 0. The zero-order chi connectivity index (χ0) is 10.6. The van der Waals surface area contributed by atoms with Gasteiger partial charge in [-0.3, -0.25) is 0 Å². The predicted molar refractivity (Wildman–Crippen MR) is 48.5 cm³/mol. The number of ether oxygens (including phenoxy) is 2. The molecule has 0 saturated carbocycles. The maximum absolute atomic E-state index is 9.40. The Kier molecular flexibility index (Phi) is 4.50. The van der Waals surface area contributed by atoms with Crippen molar-refractivity contribution in [2.45, 2.75) is 31.0 Å². The molecule has 0 aliphatic carbocycles. The van der Waals surface area contributed by atoms with E-state index in [0.29, 0.717) is 6.61 Å². The van der Waals surface area contributed by atoms with E-state index in [1.54, 1.807) is 6.08 Å². The van der Waals surface area contributed by atoms with Crippen LogP contribution in [-0.4, -0.2) is 53.1 Å². The van der Waals surface area contributed by atoms with Gasteiger partial charge in [-0.2, -0.15) is 0 Å². The summed E-state index contributed by atoms with van der Waals surface area (Å²) in [6.45, 7) is 3.45. The second-order valence-corrected chi connectivity index (χ2v) is 3.20. The molecular weight excluding hydrogens is 188 g/mol. The van der Waals surface area contributed by atoms with Crippen molar-refractivity contribution in [3.8, 4) is 0 Å². The third-order valence-electron chi connectivity index (χ3n) is 2.12. The first kappa shape index (κ1) is 11.6. The van der Waals surface area contributed by atoms with E-state index in [1.165, 1.54) is 0 Å². The van der Waals surface area contributed by atoms with Crippen LogP contribution in [0, 0.1) is 0 Å². The highest BCUT2D eigenvalue weighted by Crippen LogP contribution is 2.20. The van der Waals surface area contributed by atoms with E-state index in [0.717, 1.165) is 0 Å². The Morgan fingerprint density at radius 3 is 2.79 bits per heavy atom. The van der Waals surface area contributed by atoms with Crippen molar-refractivity contribution in [3.63, 3.8) is 0 Å². The molecule has 0 radical (unpaired) electrons. The van der Waals surface area contributed by atoms with Gasteiger partial charge in [-0.25, -0.2) is 0 Å². The highest BCUT2D eigenvalue weighted by Gasteiger charge is 2.36. The Bertz CT molecular complexity index is 184. The molecule has 82 valence electrons. The van der Waals surface area contributed by atoms with Gasteiger partial charge >= 0.3 is 0 Å². The average Bonchev–Trinajstić information content (AvgIpc) is 2.19. The van der Waals surface area contributed by atoms with Gasteiger partial charge in [0.1, 0.15) is 12.2 Å². The van der Waals surface area contributed by atoms with Crippen LogP contribution in [-0.2, 0) is 9.47 Å². The quantitative estimate of drug-likeness (QED) is 0.513. The van der Waals surface area contributed by atoms with Crippen LogP contribution in [0.4, 0.5) is 0 Å². The largest absolute Gasteiger partial charge is 0.394 e. The molecule has 0 aromatic carbocycles. The van der Waals surface area contributed by atoms with Crippen LogP contribution in [0.25, 0.3) is 0 Å². The van der Waals surface area contributed by atoms with Crippen LogP contribution in [0.5, 0.6) is 0 Å². The third kappa shape index (κ3) is 2.76. The summed E-state index contributed by atoms with van der Waals surface area (Å²) >= 11 is 0. The monoisotopic (exact) mass is 204 g/mol. The fourth-order valence-electron chi connectivity index (χ4n) is 1.35. The van der Waals surface area contributed by atoms with Gasteiger partial charge < -0.3 is 24.8 Å². The average molecular weight is 204 g/mol. The summed E-state index contributed by atoms with van der Waals surface area (Å²) in [6, 6.07) is 0. The topological polar surface area (TPSA) is 79.2 Å². The minimum atomic E-state index is -1.05. The second-order valence-electron chi connectivity index (χ2n) is 3.20. The zero-order valence-corrected chi connectivity index (χ0v) is 7.87. The molecular formula is C9H16O5. The Morgan fingerprint density at radius 1 is 1.50 bits per heavy atom. The Morgan fingerprint density at radius 2 is 2.21 bits per heavy atom. The molecule has 1 heterocycles. The van der Waals surface area contributed by atoms with Gasteiger partial charge in [-0.15, -0.1) is 6.58 Å². The lowest BCUT2D eigenvalue weighted by atomic mass is 10.0. The molecule has 0 aromatic heterocycles. The number of hydrogen-bond donors (Lipinski definition) is 3. The molecule has 1 aliphatic rings. The summed E-state index contributed by atoms with van der Waals surface area (Å²) < 4.78 is 10.4. The standard InChI is InChI=1S/C9H16O5/c1-2-3-13-8-4-6(11)9(12)7(5-10)14-8/h2,6-12H,1,3-5H2/t6-,7-,8?,9-/m1/s1. The van der Waals surface area contributed by atoms with Gasteiger partial charge in [-0.05, 0) is 0 Å². The van der Waals surface area contributed by atoms with Crippen molar-refractivity contribution in [2.75, 3.05) is 13.2 Å². The smallest absolute Gasteiger partial charge is 0.161 e. The first-order chi connectivity index (χ1) is 6.69. The molecule has 1 aliphatic heterocycles. The van der Waals surface area contributed by atoms with Crippen molar-refractivity contribution in [2.24, 2.45) is 0 Å². The summed E-state index contributed by atoms with van der Waals surface area (Å²) in [5, 5.41) is 27.6. The minimum absolute atomic E-state index is 0.200. The van der Waals surface area contributed by atoms with Crippen molar-refractivity contribution in [1.82, 2.24) is 0 Å². The van der Waals surface area contributed by atoms with Gasteiger partial charge in [0.25, 0.3) is 0 Å². The Labute approximate surface area is 82.6 Å². The number of hydrogen-bond acceptors (Lipinski definition) is 5. The Balaban J connectivity index is 2.45. The summed E-state index contributed by atoms with van der Waals surface area (Å²) in [4.78, 5) is 0. The number of aliphatic hydroxyl groups is 3. The minimum Gasteiger partial charge on any atom is -0.394 e. The van der Waals surface area contributed by atoms with Crippen molar-refractivity contribution >= 4 is 0 Å². The molecule has 5 heteroatoms. The van der Waals surface area contributed by atoms with E-state index in [-0.39, 0.29) is 13.0 Å². The summed E-state index contributed by atoms with van der Waals surface area (Å²) in [5.74, 6) is 0. The molecule has 4 atom stereocenters. The molecule has 0 spiro atoms. The third-order valence-corrected chi connectivity index (χ3v) is 2.12. The number of rotatable bonds is 4. The van der Waals surface area contributed by atoms with E-state index >= 15 is 0 Å². The molecule has 1 unspecified atom stereocenters. The fourth-order valence-corrected chi connectivity index (χ4v) is 1.35. The van der Waals surface area contributed by atoms with Crippen LogP contribution in [0.1, 0.15) is 6.42 Å². The lowest BCUT2D eigenvalue weighted by Crippen LogP contribution is -2.50. The molecule has 0 aromatic rings. The highest BCUT2D eigenvalue weighted by molar-refractivity contribution is 4.82. The van der Waals surface area contributed by atoms with Crippen molar-refractivity contribution in [3.05, 3.63) is 12.7 Å². The van der Waals surface area contributed by atoms with Crippen LogP contribution >= 0.6 is 0 Å². The van der Waals surface area contributed by atoms with Gasteiger partial charge in [-0.1, -0.05) is 6.08 Å². The van der Waals surface area contributed by atoms with Crippen molar-refractivity contribution < 1.29 is 24.8 Å². The molecule has 1 saturated heterocycles. The van der Waals surface area contributed by atoms with Crippen LogP contribution in [0.2, 0.25) is 0 Å². The molecule has 1 fully saturated rings. The maximum Gasteiger partial charge on any atom is 0.161 e. The van der Waals surface area contributed by atoms with Crippen LogP contribution in [0.15, 0.2) is 12.7 Å². The molecule has 1 rings (SSSR count). The highest BCUT2D eigenvalue weighted by atomic mass is 16.7. The zero-order valence-electron chi connectivity index (χ0n) is 7.87. The van der Waals surface area contributed by atoms with E-state index in [4.69, 9.17) is 14.6 Å². The van der Waals surface area contributed by atoms with Gasteiger partial charge in [0.05, 0.1) is 19.3 Å². The molecule has 0 amide bonds. The summed E-state index contributed by atoms with van der Waals surface area (Å²) in [5.41, 5.74) is 0. The van der Waals surface area contributed by atoms with E-state index in [1.807, 2.05) is 0 Å². The fraction of sp³-hybridized carbons (Fsp3) is 0.778. The molecule has 0 bridgehead atoms. The lowest BCUT2D eigenvalue weighted by Gasteiger charge is -2.35. The SMILES string of the molecule is C=CCOC1C[C@@H](O)[C@@H](O)[C@@H](CO)O1. The van der Waals surface area contributed by atoms with E-state index in [9.17, 15) is 10.2 Å². The molecule has 5 nitrogen and oxygen atoms in total. The number of aliphatic hydroxyl groups excluding tert-OH is 3.